The van der Waals surface area contributed by atoms with E-state index in [1.165, 1.54) is 17.3 Å². The SMILES string of the molecule is C[C@H](Sc1nnc(-c2ccncc2)o1)c1nc2cc(Cl)ccc2n1Cc1ccccc1. The lowest BCUT2D eigenvalue weighted by atomic mass is 10.2. The molecule has 2 aromatic carbocycles. The van der Waals surface area contributed by atoms with Crippen molar-refractivity contribution in [3.8, 4) is 11.5 Å². The second-order valence-electron chi connectivity index (χ2n) is 7.04. The first-order chi connectivity index (χ1) is 15.2. The van der Waals surface area contributed by atoms with Crippen LogP contribution in [0.3, 0.4) is 0 Å². The molecular formula is C23H18ClN5OS. The van der Waals surface area contributed by atoms with Crippen molar-refractivity contribution < 1.29 is 4.42 Å². The Morgan fingerprint density at radius 3 is 2.65 bits per heavy atom. The summed E-state index contributed by atoms with van der Waals surface area (Å²) in [5.41, 5.74) is 3.95. The third-order valence-electron chi connectivity index (χ3n) is 4.90. The van der Waals surface area contributed by atoms with Gasteiger partial charge in [0.15, 0.2) is 0 Å². The molecule has 0 radical (unpaired) electrons. The molecule has 5 aromatic rings. The van der Waals surface area contributed by atoms with Gasteiger partial charge in [-0.05, 0) is 42.8 Å². The molecule has 5 rings (SSSR count). The summed E-state index contributed by atoms with van der Waals surface area (Å²) in [4.78, 5) is 8.91. The topological polar surface area (TPSA) is 69.6 Å². The van der Waals surface area contributed by atoms with Gasteiger partial charge < -0.3 is 8.98 Å². The molecule has 1 atom stereocenters. The number of pyridine rings is 1. The summed E-state index contributed by atoms with van der Waals surface area (Å²) in [5, 5.41) is 9.53. The molecule has 0 fully saturated rings. The lowest BCUT2D eigenvalue weighted by Crippen LogP contribution is -2.06. The molecule has 0 amide bonds. The molecule has 0 bridgehead atoms. The molecule has 8 heteroatoms. The lowest BCUT2D eigenvalue weighted by Gasteiger charge is -2.13. The van der Waals surface area contributed by atoms with E-state index in [1.807, 2.05) is 48.5 Å². The van der Waals surface area contributed by atoms with Crippen molar-refractivity contribution in [3.63, 3.8) is 0 Å². The maximum atomic E-state index is 6.22. The Morgan fingerprint density at radius 2 is 1.84 bits per heavy atom. The molecular weight excluding hydrogens is 430 g/mol. The van der Waals surface area contributed by atoms with Crippen molar-refractivity contribution in [3.05, 3.63) is 89.5 Å². The van der Waals surface area contributed by atoms with Crippen LogP contribution in [0.5, 0.6) is 0 Å². The molecule has 0 unspecified atom stereocenters. The van der Waals surface area contributed by atoms with Crippen molar-refractivity contribution in [1.29, 1.82) is 0 Å². The summed E-state index contributed by atoms with van der Waals surface area (Å²) >= 11 is 7.70. The lowest BCUT2D eigenvalue weighted by molar-refractivity contribution is 0.464. The van der Waals surface area contributed by atoms with Crippen molar-refractivity contribution in [2.24, 2.45) is 0 Å². The van der Waals surface area contributed by atoms with E-state index in [0.717, 1.165) is 22.4 Å². The highest BCUT2D eigenvalue weighted by Gasteiger charge is 2.21. The predicted molar refractivity (Wildman–Crippen MR) is 122 cm³/mol. The van der Waals surface area contributed by atoms with Crippen LogP contribution >= 0.6 is 23.4 Å². The van der Waals surface area contributed by atoms with Gasteiger partial charge >= 0.3 is 0 Å². The minimum atomic E-state index is -0.0133. The number of nitrogens with zero attached hydrogens (tertiary/aromatic N) is 5. The van der Waals surface area contributed by atoms with Gasteiger partial charge in [0, 0.05) is 29.5 Å². The number of benzene rings is 2. The minimum absolute atomic E-state index is 0.0133. The van der Waals surface area contributed by atoms with Gasteiger partial charge in [0.2, 0.25) is 5.89 Å². The van der Waals surface area contributed by atoms with Gasteiger partial charge in [-0.25, -0.2) is 4.98 Å². The van der Waals surface area contributed by atoms with Crippen LogP contribution in [0.4, 0.5) is 0 Å². The number of fused-ring (bicyclic) bond motifs is 1. The Morgan fingerprint density at radius 1 is 1.03 bits per heavy atom. The highest BCUT2D eigenvalue weighted by Crippen LogP contribution is 2.36. The number of hydrogen-bond donors (Lipinski definition) is 0. The van der Waals surface area contributed by atoms with E-state index in [9.17, 15) is 0 Å². The van der Waals surface area contributed by atoms with E-state index in [2.05, 4.69) is 38.8 Å². The average molecular weight is 448 g/mol. The summed E-state index contributed by atoms with van der Waals surface area (Å²) in [5.74, 6) is 1.40. The monoisotopic (exact) mass is 447 g/mol. The molecule has 31 heavy (non-hydrogen) atoms. The molecule has 6 nitrogen and oxygen atoms in total. The number of thioether (sulfide) groups is 1. The first-order valence-electron chi connectivity index (χ1n) is 9.77. The smallest absolute Gasteiger partial charge is 0.277 e. The van der Waals surface area contributed by atoms with Crippen LogP contribution in [0.2, 0.25) is 5.02 Å². The molecule has 3 aromatic heterocycles. The second kappa shape index (κ2) is 8.53. The van der Waals surface area contributed by atoms with Gasteiger partial charge in [-0.1, -0.05) is 53.7 Å². The first kappa shape index (κ1) is 19.8. The van der Waals surface area contributed by atoms with E-state index < -0.39 is 0 Å². The number of rotatable bonds is 6. The van der Waals surface area contributed by atoms with Crippen LogP contribution in [-0.4, -0.2) is 24.7 Å². The fourth-order valence-corrected chi connectivity index (χ4v) is 4.41. The van der Waals surface area contributed by atoms with Gasteiger partial charge in [0.25, 0.3) is 5.22 Å². The number of hydrogen-bond acceptors (Lipinski definition) is 6. The van der Waals surface area contributed by atoms with Crippen LogP contribution in [0, 0.1) is 0 Å². The van der Waals surface area contributed by atoms with Gasteiger partial charge in [-0.2, -0.15) is 0 Å². The van der Waals surface area contributed by atoms with Crippen LogP contribution in [0.1, 0.15) is 23.6 Å². The third-order valence-corrected chi connectivity index (χ3v) is 6.06. The number of imidazole rings is 1. The van der Waals surface area contributed by atoms with E-state index in [4.69, 9.17) is 21.0 Å². The Balaban J connectivity index is 1.47. The van der Waals surface area contributed by atoms with E-state index in [-0.39, 0.29) is 5.25 Å². The zero-order valence-electron chi connectivity index (χ0n) is 16.6. The Hall–Kier alpha value is -3.16. The molecule has 0 aliphatic heterocycles. The van der Waals surface area contributed by atoms with Crippen LogP contribution in [-0.2, 0) is 6.54 Å². The molecule has 154 valence electrons. The van der Waals surface area contributed by atoms with E-state index in [0.29, 0.717) is 22.7 Å². The zero-order chi connectivity index (χ0) is 21.2. The summed E-state index contributed by atoms with van der Waals surface area (Å²) in [6.45, 7) is 2.80. The van der Waals surface area contributed by atoms with Crippen LogP contribution < -0.4 is 0 Å². The van der Waals surface area contributed by atoms with Crippen molar-refractivity contribution in [2.75, 3.05) is 0 Å². The normalized spacial score (nSPS) is 12.3. The number of aromatic nitrogens is 5. The highest BCUT2D eigenvalue weighted by molar-refractivity contribution is 7.99. The summed E-state index contributed by atoms with van der Waals surface area (Å²) in [7, 11) is 0. The minimum Gasteiger partial charge on any atom is -0.411 e. The molecule has 0 saturated carbocycles. The first-order valence-corrected chi connectivity index (χ1v) is 11.0. The molecule has 0 saturated heterocycles. The summed E-state index contributed by atoms with van der Waals surface area (Å²) in [6, 6.07) is 19.8. The van der Waals surface area contributed by atoms with Crippen LogP contribution in [0.15, 0.2) is 82.7 Å². The average Bonchev–Trinajstić information content (AvgIpc) is 3.40. The van der Waals surface area contributed by atoms with Crippen molar-refractivity contribution in [2.45, 2.75) is 23.9 Å². The fourth-order valence-electron chi connectivity index (χ4n) is 3.44. The fraction of sp³-hybridized carbons (Fsp3) is 0.130. The molecule has 0 spiro atoms. The zero-order valence-corrected chi connectivity index (χ0v) is 18.2. The Kier molecular flexibility index (Phi) is 5.44. The Labute approximate surface area is 188 Å². The maximum Gasteiger partial charge on any atom is 0.277 e. The maximum absolute atomic E-state index is 6.22. The molecule has 0 aliphatic carbocycles. The Bertz CT molecular complexity index is 1320. The second-order valence-corrected chi connectivity index (χ2v) is 8.77. The molecule has 0 N–H and O–H groups in total. The van der Waals surface area contributed by atoms with E-state index in [1.54, 1.807) is 12.4 Å². The highest BCUT2D eigenvalue weighted by atomic mass is 35.5. The van der Waals surface area contributed by atoms with Gasteiger partial charge in [-0.3, -0.25) is 4.98 Å². The predicted octanol–water partition coefficient (Wildman–Crippen LogP) is 6.04. The van der Waals surface area contributed by atoms with Gasteiger partial charge in [-0.15, -0.1) is 10.2 Å². The molecule has 0 aliphatic rings. The summed E-state index contributed by atoms with van der Waals surface area (Å²) in [6.07, 6.45) is 3.40. The van der Waals surface area contributed by atoms with Gasteiger partial charge in [0.1, 0.15) is 5.82 Å². The largest absolute Gasteiger partial charge is 0.411 e. The quantitative estimate of drug-likeness (QED) is 0.296. The standard InChI is InChI=1S/C23H18ClN5OS/c1-15(31-23-28-27-22(30-23)17-9-11-25-12-10-17)21-26-19-13-18(24)7-8-20(19)29(21)14-16-5-3-2-4-6-16/h2-13,15H,14H2,1H3/t15-/m0/s1. The van der Waals surface area contributed by atoms with Crippen molar-refractivity contribution in [1.82, 2.24) is 24.7 Å². The summed E-state index contributed by atoms with van der Waals surface area (Å²) < 4.78 is 8.09. The van der Waals surface area contributed by atoms with E-state index >= 15 is 0 Å². The molecule has 3 heterocycles. The van der Waals surface area contributed by atoms with Crippen LogP contribution in [0.25, 0.3) is 22.5 Å². The number of halogens is 1. The van der Waals surface area contributed by atoms with Gasteiger partial charge in [0.05, 0.1) is 16.3 Å². The van der Waals surface area contributed by atoms with Crippen molar-refractivity contribution >= 4 is 34.4 Å². The third kappa shape index (κ3) is 4.19.